The fourth-order valence-corrected chi connectivity index (χ4v) is 3.76. The molecule has 25 heavy (non-hydrogen) atoms. The Bertz CT molecular complexity index is 559. The second-order valence-electron chi connectivity index (χ2n) is 7.02. The van der Waals surface area contributed by atoms with E-state index in [-0.39, 0.29) is 11.8 Å². The number of amides is 1. The van der Waals surface area contributed by atoms with Crippen molar-refractivity contribution in [1.82, 2.24) is 25.1 Å². The van der Waals surface area contributed by atoms with Crippen molar-refractivity contribution < 1.29 is 9.53 Å². The molecule has 2 aliphatic heterocycles. The van der Waals surface area contributed by atoms with Gasteiger partial charge in [-0.2, -0.15) is 0 Å². The number of rotatable bonds is 4. The molecule has 1 aromatic heterocycles. The minimum absolute atomic E-state index is 0.0123. The molecule has 1 amide bonds. The number of hydrogen-bond acceptors (Lipinski definition) is 6. The molecule has 2 saturated heterocycles. The number of ether oxygens (including phenoxy) is 1. The molecule has 0 unspecified atom stereocenters. The van der Waals surface area contributed by atoms with Gasteiger partial charge < -0.3 is 10.1 Å². The van der Waals surface area contributed by atoms with Gasteiger partial charge in [0.1, 0.15) is 5.82 Å². The van der Waals surface area contributed by atoms with Gasteiger partial charge in [0.25, 0.3) is 0 Å². The van der Waals surface area contributed by atoms with Crippen LogP contribution in [0.15, 0.2) is 12.4 Å². The van der Waals surface area contributed by atoms with Crippen molar-refractivity contribution in [3.05, 3.63) is 23.8 Å². The Kier molecular flexibility index (Phi) is 6.34. The average Bonchev–Trinajstić information content (AvgIpc) is 2.86. The lowest BCUT2D eigenvalue weighted by atomic mass is 10.0. The molecule has 3 heterocycles. The standard InChI is InChI=1S/C18H29N5O2/c1-14-20-9-15(10-21-14)11-22-5-6-23(17-3-7-25-8-4-17)13-16(12-22)18(24)19-2/h9-10,16-17H,3-8,11-13H2,1-2H3,(H,19,24)/t16-/m1/s1. The zero-order valence-electron chi connectivity index (χ0n) is 15.3. The van der Waals surface area contributed by atoms with Crippen LogP contribution in [0.4, 0.5) is 0 Å². The van der Waals surface area contributed by atoms with Crippen LogP contribution in [-0.4, -0.2) is 78.2 Å². The van der Waals surface area contributed by atoms with Crippen LogP contribution < -0.4 is 5.32 Å². The van der Waals surface area contributed by atoms with Gasteiger partial charge in [0.15, 0.2) is 0 Å². The van der Waals surface area contributed by atoms with Gasteiger partial charge in [-0.1, -0.05) is 0 Å². The minimum Gasteiger partial charge on any atom is -0.381 e. The summed E-state index contributed by atoms with van der Waals surface area (Å²) in [5, 5.41) is 2.84. The van der Waals surface area contributed by atoms with Crippen molar-refractivity contribution in [2.75, 3.05) is 46.4 Å². The van der Waals surface area contributed by atoms with E-state index in [1.165, 1.54) is 0 Å². The monoisotopic (exact) mass is 347 g/mol. The highest BCUT2D eigenvalue weighted by atomic mass is 16.5. The van der Waals surface area contributed by atoms with Crippen molar-refractivity contribution in [3.63, 3.8) is 0 Å². The molecular weight excluding hydrogens is 318 g/mol. The summed E-state index contributed by atoms with van der Waals surface area (Å²) in [6, 6.07) is 0.531. The van der Waals surface area contributed by atoms with E-state index >= 15 is 0 Å². The van der Waals surface area contributed by atoms with Gasteiger partial charge in [0.2, 0.25) is 5.91 Å². The van der Waals surface area contributed by atoms with Crippen LogP contribution in [0.5, 0.6) is 0 Å². The first-order valence-corrected chi connectivity index (χ1v) is 9.19. The van der Waals surface area contributed by atoms with Crippen LogP contribution in [0.1, 0.15) is 24.2 Å². The van der Waals surface area contributed by atoms with E-state index in [0.717, 1.165) is 70.2 Å². The predicted molar refractivity (Wildman–Crippen MR) is 95.0 cm³/mol. The molecule has 0 aliphatic carbocycles. The number of nitrogens with one attached hydrogen (secondary N) is 1. The van der Waals surface area contributed by atoms with Crippen LogP contribution in [0.3, 0.4) is 0 Å². The summed E-state index contributed by atoms with van der Waals surface area (Å²) in [7, 11) is 1.73. The third-order valence-corrected chi connectivity index (χ3v) is 5.20. The zero-order chi connectivity index (χ0) is 17.6. The lowest BCUT2D eigenvalue weighted by Crippen LogP contribution is -2.45. The van der Waals surface area contributed by atoms with E-state index in [0.29, 0.717) is 6.04 Å². The van der Waals surface area contributed by atoms with Gasteiger partial charge >= 0.3 is 0 Å². The van der Waals surface area contributed by atoms with Crippen LogP contribution >= 0.6 is 0 Å². The molecule has 3 rings (SSSR count). The van der Waals surface area contributed by atoms with Gasteiger partial charge in [-0.15, -0.1) is 0 Å². The second-order valence-corrected chi connectivity index (χ2v) is 7.02. The largest absolute Gasteiger partial charge is 0.381 e. The molecule has 0 spiro atoms. The zero-order valence-corrected chi connectivity index (χ0v) is 15.3. The SMILES string of the molecule is CNC(=O)[C@@H]1CN(Cc2cnc(C)nc2)CCN(C2CCOCC2)C1. The van der Waals surface area contributed by atoms with Crippen molar-refractivity contribution >= 4 is 5.91 Å². The highest BCUT2D eigenvalue weighted by molar-refractivity contribution is 5.78. The molecule has 7 heteroatoms. The van der Waals surface area contributed by atoms with Gasteiger partial charge in [-0.25, -0.2) is 9.97 Å². The summed E-state index contributed by atoms with van der Waals surface area (Å²) in [6.45, 7) is 7.88. The maximum atomic E-state index is 12.4. The van der Waals surface area contributed by atoms with E-state index < -0.39 is 0 Å². The molecule has 7 nitrogen and oxygen atoms in total. The Morgan fingerprint density at radius 3 is 2.64 bits per heavy atom. The Balaban J connectivity index is 1.68. The van der Waals surface area contributed by atoms with Crippen molar-refractivity contribution in [2.24, 2.45) is 5.92 Å². The molecule has 1 aromatic rings. The topological polar surface area (TPSA) is 70.6 Å². The summed E-state index contributed by atoms with van der Waals surface area (Å²) in [6.07, 6.45) is 5.90. The molecule has 0 saturated carbocycles. The van der Waals surface area contributed by atoms with E-state index in [2.05, 4.69) is 25.1 Å². The Hall–Kier alpha value is -1.57. The summed E-state index contributed by atoms with van der Waals surface area (Å²) in [5.41, 5.74) is 1.10. The lowest BCUT2D eigenvalue weighted by Gasteiger charge is -2.34. The number of carbonyl (C=O) groups excluding carboxylic acids is 1. The lowest BCUT2D eigenvalue weighted by molar-refractivity contribution is -0.125. The molecular formula is C18H29N5O2. The maximum Gasteiger partial charge on any atom is 0.225 e. The van der Waals surface area contributed by atoms with Crippen LogP contribution in [0.2, 0.25) is 0 Å². The summed E-state index contributed by atoms with van der Waals surface area (Å²) in [5.74, 6) is 0.902. The van der Waals surface area contributed by atoms with Gasteiger partial charge in [-0.05, 0) is 19.8 Å². The van der Waals surface area contributed by atoms with E-state index in [4.69, 9.17) is 4.74 Å². The molecule has 0 bridgehead atoms. The third kappa shape index (κ3) is 4.96. The van der Waals surface area contributed by atoms with E-state index in [1.807, 2.05) is 19.3 Å². The molecule has 1 N–H and O–H groups in total. The number of hydrogen-bond donors (Lipinski definition) is 1. The van der Waals surface area contributed by atoms with Gasteiger partial charge in [0, 0.05) is 77.0 Å². The fraction of sp³-hybridized carbons (Fsp3) is 0.722. The fourth-order valence-electron chi connectivity index (χ4n) is 3.76. The van der Waals surface area contributed by atoms with Crippen molar-refractivity contribution in [3.8, 4) is 0 Å². The number of nitrogens with zero attached hydrogens (tertiary/aromatic N) is 4. The molecule has 0 aromatic carbocycles. The molecule has 2 aliphatic rings. The summed E-state index contributed by atoms with van der Waals surface area (Å²) in [4.78, 5) is 25.8. The van der Waals surface area contributed by atoms with Gasteiger partial charge in [0.05, 0.1) is 5.92 Å². The first kappa shape index (κ1) is 18.2. The Labute approximate surface area is 149 Å². The smallest absolute Gasteiger partial charge is 0.225 e. The molecule has 0 radical (unpaired) electrons. The molecule has 1 atom stereocenters. The minimum atomic E-state index is -0.0123. The van der Waals surface area contributed by atoms with E-state index in [1.54, 1.807) is 7.05 Å². The summed E-state index contributed by atoms with van der Waals surface area (Å²) >= 11 is 0. The Morgan fingerprint density at radius 2 is 1.96 bits per heavy atom. The number of aryl methyl sites for hydroxylation is 1. The first-order chi connectivity index (χ1) is 12.2. The first-order valence-electron chi connectivity index (χ1n) is 9.19. The highest BCUT2D eigenvalue weighted by Gasteiger charge is 2.31. The highest BCUT2D eigenvalue weighted by Crippen LogP contribution is 2.20. The summed E-state index contributed by atoms with van der Waals surface area (Å²) < 4.78 is 5.50. The van der Waals surface area contributed by atoms with Crippen LogP contribution in [-0.2, 0) is 16.1 Å². The maximum absolute atomic E-state index is 12.4. The Morgan fingerprint density at radius 1 is 1.24 bits per heavy atom. The van der Waals surface area contributed by atoms with Gasteiger partial charge in [-0.3, -0.25) is 14.6 Å². The van der Waals surface area contributed by atoms with Crippen molar-refractivity contribution in [1.29, 1.82) is 0 Å². The van der Waals surface area contributed by atoms with Crippen LogP contribution in [0.25, 0.3) is 0 Å². The van der Waals surface area contributed by atoms with E-state index in [9.17, 15) is 4.79 Å². The third-order valence-electron chi connectivity index (χ3n) is 5.20. The predicted octanol–water partition coefficient (Wildman–Crippen LogP) is 0.444. The number of carbonyl (C=O) groups is 1. The van der Waals surface area contributed by atoms with Crippen LogP contribution in [0, 0.1) is 12.8 Å². The molecule has 138 valence electrons. The average molecular weight is 347 g/mol. The second kappa shape index (κ2) is 8.69. The number of aromatic nitrogens is 2. The normalized spacial score (nSPS) is 24.0. The van der Waals surface area contributed by atoms with Crippen molar-refractivity contribution in [2.45, 2.75) is 32.4 Å². The quantitative estimate of drug-likeness (QED) is 0.852. The molecule has 2 fully saturated rings.